The lowest BCUT2D eigenvalue weighted by Gasteiger charge is -2.13. The molecule has 0 spiro atoms. The number of rotatable bonds is 5. The number of alkyl halides is 3. The first kappa shape index (κ1) is 20.2. The van der Waals surface area contributed by atoms with Crippen LogP contribution in [-0.2, 0) is 12.7 Å². The molecule has 3 aromatic rings. The molecule has 0 saturated heterocycles. The van der Waals surface area contributed by atoms with Crippen molar-refractivity contribution in [1.82, 2.24) is 5.32 Å². The van der Waals surface area contributed by atoms with E-state index in [4.69, 9.17) is 4.74 Å². The van der Waals surface area contributed by atoms with E-state index in [9.17, 15) is 22.4 Å². The highest BCUT2D eigenvalue weighted by atomic mass is 19.4. The van der Waals surface area contributed by atoms with Crippen molar-refractivity contribution in [2.75, 3.05) is 5.32 Å². The number of urea groups is 1. The standard InChI is InChI=1S/C21H16F4N2O2/c22-17-12-15(21(23,24)25)11-10-14(17)13-26-20(28)27-18-8-4-5-9-19(18)29-16-6-2-1-3-7-16/h1-12H,13H2,(H2,26,27,28). The van der Waals surface area contributed by atoms with Gasteiger partial charge in [0, 0.05) is 12.1 Å². The van der Waals surface area contributed by atoms with E-state index in [2.05, 4.69) is 10.6 Å². The van der Waals surface area contributed by atoms with Crippen LogP contribution in [0.1, 0.15) is 11.1 Å². The molecule has 29 heavy (non-hydrogen) atoms. The average Bonchev–Trinajstić information content (AvgIpc) is 2.68. The van der Waals surface area contributed by atoms with Crippen LogP contribution in [0.2, 0.25) is 0 Å². The highest BCUT2D eigenvalue weighted by Crippen LogP contribution is 2.30. The molecule has 4 nitrogen and oxygen atoms in total. The summed E-state index contributed by atoms with van der Waals surface area (Å²) in [5.74, 6) is -0.0727. The molecule has 0 aliphatic rings. The maximum Gasteiger partial charge on any atom is 0.416 e. The van der Waals surface area contributed by atoms with Crippen LogP contribution in [0.3, 0.4) is 0 Å². The van der Waals surface area contributed by atoms with E-state index in [0.717, 1.165) is 12.1 Å². The summed E-state index contributed by atoms with van der Waals surface area (Å²) in [4.78, 5) is 12.1. The van der Waals surface area contributed by atoms with Gasteiger partial charge in [0.1, 0.15) is 11.6 Å². The second-order valence-electron chi connectivity index (χ2n) is 6.02. The maximum atomic E-state index is 13.9. The van der Waals surface area contributed by atoms with E-state index in [-0.39, 0.29) is 12.1 Å². The Hall–Kier alpha value is -3.55. The Bertz CT molecular complexity index is 991. The molecular weight excluding hydrogens is 388 g/mol. The predicted molar refractivity (Wildman–Crippen MR) is 100 cm³/mol. The van der Waals surface area contributed by atoms with Crippen molar-refractivity contribution in [3.8, 4) is 11.5 Å². The third-order valence-electron chi connectivity index (χ3n) is 3.93. The van der Waals surface area contributed by atoms with Crippen LogP contribution in [-0.4, -0.2) is 6.03 Å². The molecule has 0 aliphatic carbocycles. The number of anilines is 1. The van der Waals surface area contributed by atoms with Crippen molar-refractivity contribution >= 4 is 11.7 Å². The molecule has 0 saturated carbocycles. The van der Waals surface area contributed by atoms with E-state index < -0.39 is 23.6 Å². The van der Waals surface area contributed by atoms with Crippen molar-refractivity contribution in [2.24, 2.45) is 0 Å². The van der Waals surface area contributed by atoms with Crippen molar-refractivity contribution in [3.63, 3.8) is 0 Å². The topological polar surface area (TPSA) is 50.4 Å². The average molecular weight is 404 g/mol. The molecule has 2 N–H and O–H groups in total. The monoisotopic (exact) mass is 404 g/mol. The molecule has 3 rings (SSSR count). The van der Waals surface area contributed by atoms with Gasteiger partial charge in [-0.15, -0.1) is 0 Å². The maximum absolute atomic E-state index is 13.9. The lowest BCUT2D eigenvalue weighted by atomic mass is 10.1. The Kier molecular flexibility index (Phi) is 6.01. The summed E-state index contributed by atoms with van der Waals surface area (Å²) in [7, 11) is 0. The zero-order valence-corrected chi connectivity index (χ0v) is 15.0. The van der Waals surface area contributed by atoms with Crippen LogP contribution in [0.15, 0.2) is 72.8 Å². The number of halogens is 4. The zero-order chi connectivity index (χ0) is 20.9. The van der Waals surface area contributed by atoms with Crippen LogP contribution < -0.4 is 15.4 Å². The minimum atomic E-state index is -4.63. The molecule has 8 heteroatoms. The van der Waals surface area contributed by atoms with Gasteiger partial charge >= 0.3 is 12.2 Å². The van der Waals surface area contributed by atoms with Crippen molar-refractivity contribution in [3.05, 3.63) is 89.7 Å². The van der Waals surface area contributed by atoms with Crippen LogP contribution in [0.25, 0.3) is 0 Å². The van der Waals surface area contributed by atoms with Gasteiger partial charge in [0.25, 0.3) is 0 Å². The molecule has 0 fully saturated rings. The van der Waals surface area contributed by atoms with Gasteiger partial charge in [-0.3, -0.25) is 0 Å². The number of para-hydroxylation sites is 3. The zero-order valence-electron chi connectivity index (χ0n) is 15.0. The normalized spacial score (nSPS) is 11.0. The third kappa shape index (κ3) is 5.47. The molecule has 0 bridgehead atoms. The Morgan fingerprint density at radius 1 is 0.931 bits per heavy atom. The van der Waals surface area contributed by atoms with Gasteiger partial charge in [-0.05, 0) is 36.4 Å². The van der Waals surface area contributed by atoms with Crippen molar-refractivity contribution < 1.29 is 27.1 Å². The molecule has 0 aromatic heterocycles. The lowest BCUT2D eigenvalue weighted by molar-refractivity contribution is -0.137. The van der Waals surface area contributed by atoms with Gasteiger partial charge in [0.2, 0.25) is 0 Å². The molecule has 3 aromatic carbocycles. The molecule has 0 radical (unpaired) electrons. The lowest BCUT2D eigenvalue weighted by Crippen LogP contribution is -2.28. The quantitative estimate of drug-likeness (QED) is 0.516. The van der Waals surface area contributed by atoms with Gasteiger partial charge in [-0.25, -0.2) is 9.18 Å². The Balaban J connectivity index is 1.63. The summed E-state index contributed by atoms with van der Waals surface area (Å²) < 4.78 is 57.4. The van der Waals surface area contributed by atoms with Gasteiger partial charge in [-0.2, -0.15) is 13.2 Å². The van der Waals surface area contributed by atoms with Crippen molar-refractivity contribution in [2.45, 2.75) is 12.7 Å². The van der Waals surface area contributed by atoms with Crippen LogP contribution in [0, 0.1) is 5.82 Å². The van der Waals surface area contributed by atoms with Crippen LogP contribution >= 0.6 is 0 Å². The summed E-state index contributed by atoms with van der Waals surface area (Å²) in [6.45, 7) is -0.280. The van der Waals surface area contributed by atoms with E-state index >= 15 is 0 Å². The highest BCUT2D eigenvalue weighted by molar-refractivity contribution is 5.90. The molecule has 0 aliphatic heterocycles. The number of benzene rings is 3. The molecule has 0 heterocycles. The van der Waals surface area contributed by atoms with E-state index in [1.807, 2.05) is 6.07 Å². The summed E-state index contributed by atoms with van der Waals surface area (Å²) >= 11 is 0. The SMILES string of the molecule is O=C(NCc1ccc(C(F)(F)F)cc1F)Nc1ccccc1Oc1ccccc1. The number of amides is 2. The number of carbonyl (C=O) groups excluding carboxylic acids is 1. The van der Waals surface area contributed by atoms with Gasteiger partial charge in [0.15, 0.2) is 5.75 Å². The fourth-order valence-electron chi connectivity index (χ4n) is 2.48. The number of ether oxygens (including phenoxy) is 1. The predicted octanol–water partition coefficient (Wildman–Crippen LogP) is 5.96. The number of nitrogens with one attached hydrogen (secondary N) is 2. The Morgan fingerprint density at radius 3 is 2.31 bits per heavy atom. The van der Waals surface area contributed by atoms with Crippen molar-refractivity contribution in [1.29, 1.82) is 0 Å². The van der Waals surface area contributed by atoms with Gasteiger partial charge < -0.3 is 15.4 Å². The minimum Gasteiger partial charge on any atom is -0.455 e. The summed E-state index contributed by atoms with van der Waals surface area (Å²) in [6.07, 6.45) is -4.63. The van der Waals surface area contributed by atoms with Crippen LogP contribution in [0.5, 0.6) is 11.5 Å². The minimum absolute atomic E-state index is 0.0676. The molecular formula is C21H16F4N2O2. The Labute approximate surface area is 164 Å². The molecule has 0 unspecified atom stereocenters. The first-order valence-electron chi connectivity index (χ1n) is 8.55. The summed E-state index contributed by atoms with van der Waals surface area (Å²) in [5, 5.41) is 4.99. The Morgan fingerprint density at radius 2 is 1.62 bits per heavy atom. The fourth-order valence-corrected chi connectivity index (χ4v) is 2.48. The second-order valence-corrected chi connectivity index (χ2v) is 6.02. The second kappa shape index (κ2) is 8.64. The fraction of sp³-hybridized carbons (Fsp3) is 0.0952. The summed E-state index contributed by atoms with van der Waals surface area (Å²) in [6, 6.07) is 17.2. The third-order valence-corrected chi connectivity index (χ3v) is 3.93. The first-order valence-corrected chi connectivity index (χ1v) is 8.55. The molecule has 2 amide bonds. The van der Waals surface area contributed by atoms with Gasteiger partial charge in [-0.1, -0.05) is 36.4 Å². The smallest absolute Gasteiger partial charge is 0.416 e. The van der Waals surface area contributed by atoms with Gasteiger partial charge in [0.05, 0.1) is 11.3 Å². The van der Waals surface area contributed by atoms with E-state index in [0.29, 0.717) is 23.3 Å². The van der Waals surface area contributed by atoms with E-state index in [1.54, 1.807) is 48.5 Å². The summed E-state index contributed by atoms with van der Waals surface area (Å²) in [5.41, 5.74) is -0.779. The van der Waals surface area contributed by atoms with Crippen LogP contribution in [0.4, 0.5) is 28.0 Å². The first-order chi connectivity index (χ1) is 13.8. The number of hydrogen-bond acceptors (Lipinski definition) is 2. The molecule has 150 valence electrons. The largest absolute Gasteiger partial charge is 0.455 e. The molecule has 0 atom stereocenters. The van der Waals surface area contributed by atoms with E-state index in [1.165, 1.54) is 0 Å². The number of hydrogen-bond donors (Lipinski definition) is 2. The highest BCUT2D eigenvalue weighted by Gasteiger charge is 2.31. The number of carbonyl (C=O) groups is 1.